The van der Waals surface area contributed by atoms with Crippen molar-refractivity contribution in [1.82, 2.24) is 0 Å². The third-order valence-electron chi connectivity index (χ3n) is 5.40. The molecule has 2 aromatic carbocycles. The van der Waals surface area contributed by atoms with Gasteiger partial charge >= 0.3 is 0 Å². The molecule has 0 bridgehead atoms. The average Bonchev–Trinajstić information content (AvgIpc) is 2.63. The molecule has 2 heterocycles. The Morgan fingerprint density at radius 1 is 1.21 bits per heavy atom. The van der Waals surface area contributed by atoms with Crippen LogP contribution in [0.4, 0.5) is 8.78 Å². The van der Waals surface area contributed by atoms with E-state index < -0.39 is 48.7 Å². The predicted octanol–water partition coefficient (Wildman–Crippen LogP) is 2.24. The highest BCUT2D eigenvalue weighted by atomic mass is 35.5. The summed E-state index contributed by atoms with van der Waals surface area (Å²) < 4.78 is 72.7. The SMILES string of the molecule is [B]c1cc(Cl)ccc1S(=O)(=O)[C@@]12CCS(=O)C[C@@H]1COc1c(F)ccc(F)c12. The fourth-order valence-corrected chi connectivity index (χ4v) is 8.51. The fraction of sp³-hybridized carbons (Fsp3) is 0.333. The van der Waals surface area contributed by atoms with E-state index in [1.54, 1.807) is 0 Å². The number of halogens is 3. The van der Waals surface area contributed by atoms with Crippen LogP contribution in [0.2, 0.25) is 5.02 Å². The lowest BCUT2D eigenvalue weighted by molar-refractivity contribution is 0.167. The standard InChI is InChI=1S/C18H14BClF2O4S2/c19-12-7-11(20)1-4-15(12)28(24,25)18-5-6-27(23)9-10(18)8-26-17-14(22)3-2-13(21)16(17)18/h1-4,7,10H,5-6,8-9H2/t10-,18-,27?/m0/s1. The minimum Gasteiger partial charge on any atom is -0.490 e. The smallest absolute Gasteiger partial charge is 0.188 e. The number of ether oxygens (including phenoxy) is 1. The molecule has 1 fully saturated rings. The molecular formula is C18H14BClF2O4S2. The van der Waals surface area contributed by atoms with Gasteiger partial charge in [-0.05, 0) is 36.8 Å². The molecule has 2 aliphatic heterocycles. The van der Waals surface area contributed by atoms with E-state index in [1.165, 1.54) is 18.2 Å². The summed E-state index contributed by atoms with van der Waals surface area (Å²) in [7, 11) is 0.327. The molecule has 0 amide bonds. The van der Waals surface area contributed by atoms with Crippen LogP contribution in [-0.2, 0) is 25.4 Å². The molecule has 0 aromatic heterocycles. The first-order valence-electron chi connectivity index (χ1n) is 8.44. The van der Waals surface area contributed by atoms with Crippen LogP contribution in [0.25, 0.3) is 0 Å². The highest BCUT2D eigenvalue weighted by molar-refractivity contribution is 7.93. The lowest BCUT2D eigenvalue weighted by Crippen LogP contribution is -2.55. The summed E-state index contributed by atoms with van der Waals surface area (Å²) in [5, 5.41) is 0.250. The van der Waals surface area contributed by atoms with Gasteiger partial charge in [0.2, 0.25) is 0 Å². The van der Waals surface area contributed by atoms with Crippen LogP contribution >= 0.6 is 11.6 Å². The maximum Gasteiger partial charge on any atom is 0.188 e. The Bertz CT molecular complexity index is 1110. The van der Waals surface area contributed by atoms with Crippen molar-refractivity contribution in [2.75, 3.05) is 18.1 Å². The number of sulfone groups is 1. The van der Waals surface area contributed by atoms with Gasteiger partial charge in [0.15, 0.2) is 21.4 Å². The lowest BCUT2D eigenvalue weighted by Gasteiger charge is -2.46. The molecule has 10 heteroatoms. The molecule has 2 aliphatic rings. The van der Waals surface area contributed by atoms with Gasteiger partial charge in [0.1, 0.15) is 18.4 Å². The molecule has 4 rings (SSSR count). The van der Waals surface area contributed by atoms with E-state index in [9.17, 15) is 21.4 Å². The number of hydrogen-bond acceptors (Lipinski definition) is 4. The molecule has 4 nitrogen and oxygen atoms in total. The Balaban J connectivity index is 2.06. The molecule has 3 atom stereocenters. The fourth-order valence-electron chi connectivity index (χ4n) is 4.12. The van der Waals surface area contributed by atoms with Gasteiger partial charge in [-0.2, -0.15) is 0 Å². The van der Waals surface area contributed by atoms with Crippen molar-refractivity contribution in [3.8, 4) is 5.75 Å². The Kier molecular flexibility index (Phi) is 4.83. The summed E-state index contributed by atoms with van der Waals surface area (Å²) in [6.45, 7) is -0.189. The van der Waals surface area contributed by atoms with Crippen molar-refractivity contribution in [3.63, 3.8) is 0 Å². The number of rotatable bonds is 2. The molecule has 28 heavy (non-hydrogen) atoms. The van der Waals surface area contributed by atoms with E-state index in [-0.39, 0.29) is 45.5 Å². The van der Waals surface area contributed by atoms with Gasteiger partial charge in [-0.25, -0.2) is 17.2 Å². The van der Waals surface area contributed by atoms with E-state index in [2.05, 4.69) is 0 Å². The van der Waals surface area contributed by atoms with Crippen molar-refractivity contribution in [2.45, 2.75) is 16.1 Å². The lowest BCUT2D eigenvalue weighted by atomic mass is 9.81. The van der Waals surface area contributed by atoms with Crippen molar-refractivity contribution in [2.24, 2.45) is 5.92 Å². The highest BCUT2D eigenvalue weighted by Crippen LogP contribution is 2.54. The van der Waals surface area contributed by atoms with Crippen molar-refractivity contribution < 1.29 is 26.1 Å². The molecule has 2 aromatic rings. The molecule has 1 unspecified atom stereocenters. The van der Waals surface area contributed by atoms with E-state index in [0.717, 1.165) is 12.1 Å². The minimum absolute atomic E-state index is 0.00210. The topological polar surface area (TPSA) is 60.4 Å². The molecule has 0 aliphatic carbocycles. The summed E-state index contributed by atoms with van der Waals surface area (Å²) >= 11 is 5.89. The van der Waals surface area contributed by atoms with E-state index in [0.29, 0.717) is 0 Å². The van der Waals surface area contributed by atoms with Crippen molar-refractivity contribution >= 4 is 45.5 Å². The Morgan fingerprint density at radius 2 is 1.93 bits per heavy atom. The van der Waals surface area contributed by atoms with Gasteiger partial charge in [0.05, 0.1) is 17.1 Å². The molecule has 2 radical (unpaired) electrons. The minimum atomic E-state index is -4.31. The third-order valence-corrected chi connectivity index (χ3v) is 9.72. The Hall–Kier alpha value is -1.45. The first-order chi connectivity index (χ1) is 13.2. The molecule has 0 spiro atoms. The zero-order valence-electron chi connectivity index (χ0n) is 14.5. The van der Waals surface area contributed by atoms with Gasteiger partial charge in [0.25, 0.3) is 0 Å². The average molecular weight is 443 g/mol. The highest BCUT2D eigenvalue weighted by Gasteiger charge is 2.59. The van der Waals surface area contributed by atoms with Crippen LogP contribution in [0.3, 0.4) is 0 Å². The van der Waals surface area contributed by atoms with Crippen LogP contribution in [-0.4, -0.2) is 38.6 Å². The summed E-state index contributed by atoms with van der Waals surface area (Å²) in [5.41, 5.74) is -0.438. The number of fused-ring (bicyclic) bond motifs is 3. The molecule has 1 saturated heterocycles. The molecular weight excluding hydrogens is 429 g/mol. The van der Waals surface area contributed by atoms with Gasteiger partial charge in [0, 0.05) is 33.2 Å². The van der Waals surface area contributed by atoms with Crippen LogP contribution in [0, 0.1) is 17.6 Å². The predicted molar refractivity (Wildman–Crippen MR) is 104 cm³/mol. The van der Waals surface area contributed by atoms with Gasteiger partial charge in [-0.1, -0.05) is 17.1 Å². The second kappa shape index (κ2) is 6.81. The third kappa shape index (κ3) is 2.74. The quantitative estimate of drug-likeness (QED) is 0.669. The van der Waals surface area contributed by atoms with Gasteiger partial charge in [-0.3, -0.25) is 4.21 Å². The van der Waals surface area contributed by atoms with Crippen LogP contribution < -0.4 is 10.2 Å². The summed E-state index contributed by atoms with van der Waals surface area (Å²) in [4.78, 5) is -0.217. The maximum atomic E-state index is 14.9. The summed E-state index contributed by atoms with van der Waals surface area (Å²) in [6.07, 6.45) is -0.134. The number of hydrogen-bond donors (Lipinski definition) is 0. The summed E-state index contributed by atoms with van der Waals surface area (Å²) in [5.74, 6) is -2.92. The number of benzene rings is 2. The summed E-state index contributed by atoms with van der Waals surface area (Å²) in [6, 6.07) is 5.71. The zero-order chi connectivity index (χ0) is 20.3. The second-order valence-electron chi connectivity index (χ2n) is 6.88. The van der Waals surface area contributed by atoms with Gasteiger partial charge < -0.3 is 4.74 Å². The Morgan fingerprint density at radius 3 is 2.64 bits per heavy atom. The van der Waals surface area contributed by atoms with E-state index >= 15 is 0 Å². The van der Waals surface area contributed by atoms with E-state index in [1.807, 2.05) is 0 Å². The van der Waals surface area contributed by atoms with Crippen molar-refractivity contribution in [1.29, 1.82) is 0 Å². The normalized spacial score (nSPS) is 26.8. The van der Waals surface area contributed by atoms with E-state index in [4.69, 9.17) is 24.2 Å². The molecule has 146 valence electrons. The van der Waals surface area contributed by atoms with Crippen molar-refractivity contribution in [3.05, 3.63) is 52.6 Å². The van der Waals surface area contributed by atoms with Crippen LogP contribution in [0.1, 0.15) is 12.0 Å². The second-order valence-corrected chi connectivity index (χ2v) is 11.1. The zero-order valence-corrected chi connectivity index (χ0v) is 16.8. The maximum absolute atomic E-state index is 14.9. The monoisotopic (exact) mass is 442 g/mol. The van der Waals surface area contributed by atoms with Crippen LogP contribution in [0.15, 0.2) is 35.2 Å². The molecule has 0 saturated carbocycles. The van der Waals surface area contributed by atoms with Crippen LogP contribution in [0.5, 0.6) is 5.75 Å². The van der Waals surface area contributed by atoms with Gasteiger partial charge in [-0.15, -0.1) is 0 Å². The first-order valence-corrected chi connectivity index (χ1v) is 11.8. The largest absolute Gasteiger partial charge is 0.490 e. The Labute approximate surface area is 170 Å². The first kappa shape index (κ1) is 19.9. The molecule has 0 N–H and O–H groups in total.